The highest BCUT2D eigenvalue weighted by molar-refractivity contribution is 5.79. The van der Waals surface area contributed by atoms with Gasteiger partial charge >= 0.3 is 0 Å². The largest absolute Gasteiger partial charge is 0.374 e. The number of nitrogens with zero attached hydrogens (tertiary/aromatic N) is 1. The van der Waals surface area contributed by atoms with Crippen LogP contribution in [0.1, 0.15) is 45.2 Å². The van der Waals surface area contributed by atoms with E-state index in [1.807, 2.05) is 13.8 Å². The second kappa shape index (κ2) is 9.40. The standard InChI is InChI=1S/C17H29N3O/c1-6-14(4)20-17(18-5)19-11-15-7-9-16(10-8-15)12-21-13(2)3/h7-10,13-14H,6,11-12H2,1-5H3,(H2,18,19,20). The summed E-state index contributed by atoms with van der Waals surface area (Å²) in [6.07, 6.45) is 1.34. The van der Waals surface area contributed by atoms with Gasteiger partial charge in [0.15, 0.2) is 5.96 Å². The number of hydrogen-bond donors (Lipinski definition) is 2. The van der Waals surface area contributed by atoms with Crippen LogP contribution in [0.5, 0.6) is 0 Å². The molecule has 0 aliphatic carbocycles. The molecule has 0 spiro atoms. The predicted molar refractivity (Wildman–Crippen MR) is 89.5 cm³/mol. The van der Waals surface area contributed by atoms with Crippen molar-refractivity contribution in [3.05, 3.63) is 35.4 Å². The van der Waals surface area contributed by atoms with Gasteiger partial charge in [-0.25, -0.2) is 0 Å². The van der Waals surface area contributed by atoms with Crippen molar-refractivity contribution in [2.75, 3.05) is 7.05 Å². The molecule has 0 saturated carbocycles. The zero-order chi connectivity index (χ0) is 15.7. The molecule has 0 heterocycles. The molecule has 1 unspecified atom stereocenters. The summed E-state index contributed by atoms with van der Waals surface area (Å²) in [5.74, 6) is 0.844. The van der Waals surface area contributed by atoms with Crippen molar-refractivity contribution in [1.29, 1.82) is 0 Å². The summed E-state index contributed by atoms with van der Waals surface area (Å²) in [7, 11) is 1.80. The van der Waals surface area contributed by atoms with E-state index in [1.54, 1.807) is 7.05 Å². The molecule has 4 heteroatoms. The van der Waals surface area contributed by atoms with Crippen molar-refractivity contribution in [2.45, 2.75) is 59.4 Å². The Kier molecular flexibility index (Phi) is 7.83. The minimum atomic E-state index is 0.265. The van der Waals surface area contributed by atoms with Crippen LogP contribution in [0, 0.1) is 0 Å². The fraction of sp³-hybridized carbons (Fsp3) is 0.588. The van der Waals surface area contributed by atoms with Crippen molar-refractivity contribution in [2.24, 2.45) is 4.99 Å². The van der Waals surface area contributed by atoms with E-state index < -0.39 is 0 Å². The van der Waals surface area contributed by atoms with E-state index >= 15 is 0 Å². The molecule has 1 aromatic rings. The first-order valence-corrected chi connectivity index (χ1v) is 7.71. The quantitative estimate of drug-likeness (QED) is 0.599. The summed E-state index contributed by atoms with van der Waals surface area (Å²) < 4.78 is 5.59. The Balaban J connectivity index is 2.44. The summed E-state index contributed by atoms with van der Waals surface area (Å²) in [4.78, 5) is 4.23. The molecule has 0 aromatic heterocycles. The molecule has 1 aromatic carbocycles. The van der Waals surface area contributed by atoms with Crippen molar-refractivity contribution in [3.63, 3.8) is 0 Å². The van der Waals surface area contributed by atoms with Gasteiger partial charge in [0.1, 0.15) is 0 Å². The molecule has 2 N–H and O–H groups in total. The zero-order valence-corrected chi connectivity index (χ0v) is 13.9. The van der Waals surface area contributed by atoms with Gasteiger partial charge in [-0.2, -0.15) is 0 Å². The third-order valence-corrected chi connectivity index (χ3v) is 3.29. The maximum atomic E-state index is 5.59. The van der Waals surface area contributed by atoms with Crippen LogP contribution < -0.4 is 10.6 Å². The zero-order valence-electron chi connectivity index (χ0n) is 13.9. The molecule has 0 radical (unpaired) electrons. The third-order valence-electron chi connectivity index (χ3n) is 3.29. The highest BCUT2D eigenvalue weighted by atomic mass is 16.5. The molecule has 0 aliphatic heterocycles. The fourth-order valence-electron chi connectivity index (χ4n) is 1.73. The van der Waals surface area contributed by atoms with Gasteiger partial charge in [0.2, 0.25) is 0 Å². The Labute approximate surface area is 129 Å². The molecule has 4 nitrogen and oxygen atoms in total. The van der Waals surface area contributed by atoms with Crippen LogP contribution in [0.2, 0.25) is 0 Å². The number of hydrogen-bond acceptors (Lipinski definition) is 2. The molecule has 1 rings (SSSR count). The molecule has 0 aliphatic rings. The molecule has 0 fully saturated rings. The second-order valence-electron chi connectivity index (χ2n) is 5.56. The van der Waals surface area contributed by atoms with Gasteiger partial charge in [-0.3, -0.25) is 4.99 Å². The molecular weight excluding hydrogens is 262 g/mol. The fourth-order valence-corrected chi connectivity index (χ4v) is 1.73. The van der Waals surface area contributed by atoms with E-state index in [0.29, 0.717) is 12.6 Å². The first-order valence-electron chi connectivity index (χ1n) is 7.71. The van der Waals surface area contributed by atoms with Crippen LogP contribution in [0.25, 0.3) is 0 Å². The summed E-state index contributed by atoms with van der Waals surface area (Å²) in [5, 5.41) is 6.68. The summed E-state index contributed by atoms with van der Waals surface area (Å²) in [6.45, 7) is 9.84. The van der Waals surface area contributed by atoms with E-state index in [9.17, 15) is 0 Å². The van der Waals surface area contributed by atoms with Crippen LogP contribution in [-0.2, 0) is 17.9 Å². The molecule has 1 atom stereocenters. The van der Waals surface area contributed by atoms with E-state index in [2.05, 4.69) is 53.7 Å². The first kappa shape index (κ1) is 17.5. The molecule has 21 heavy (non-hydrogen) atoms. The number of guanidine groups is 1. The van der Waals surface area contributed by atoms with Crippen LogP contribution in [-0.4, -0.2) is 25.2 Å². The van der Waals surface area contributed by atoms with Gasteiger partial charge in [0, 0.05) is 19.6 Å². The number of benzene rings is 1. The van der Waals surface area contributed by atoms with E-state index in [-0.39, 0.29) is 6.10 Å². The lowest BCUT2D eigenvalue weighted by atomic mass is 10.1. The number of aliphatic imine (C=N–C) groups is 1. The second-order valence-corrected chi connectivity index (χ2v) is 5.56. The van der Waals surface area contributed by atoms with Gasteiger partial charge in [0.05, 0.1) is 12.7 Å². The minimum absolute atomic E-state index is 0.265. The third kappa shape index (κ3) is 7.14. The summed E-state index contributed by atoms with van der Waals surface area (Å²) in [5.41, 5.74) is 2.44. The van der Waals surface area contributed by atoms with E-state index in [1.165, 1.54) is 11.1 Å². The summed E-state index contributed by atoms with van der Waals surface area (Å²) in [6, 6.07) is 8.91. The lowest BCUT2D eigenvalue weighted by molar-refractivity contribution is 0.0657. The molecule has 0 bridgehead atoms. The molecular formula is C17H29N3O. The Hall–Kier alpha value is -1.55. The average Bonchev–Trinajstić information content (AvgIpc) is 2.50. The predicted octanol–water partition coefficient (Wildman–Crippen LogP) is 3.08. The monoisotopic (exact) mass is 291 g/mol. The van der Waals surface area contributed by atoms with Crippen molar-refractivity contribution < 1.29 is 4.74 Å². The number of ether oxygens (including phenoxy) is 1. The van der Waals surface area contributed by atoms with Crippen molar-refractivity contribution in [3.8, 4) is 0 Å². The maximum Gasteiger partial charge on any atom is 0.191 e. The normalized spacial score (nSPS) is 13.3. The van der Waals surface area contributed by atoms with E-state index in [0.717, 1.165) is 18.9 Å². The van der Waals surface area contributed by atoms with Gasteiger partial charge in [0.25, 0.3) is 0 Å². The highest BCUT2D eigenvalue weighted by Crippen LogP contribution is 2.07. The lowest BCUT2D eigenvalue weighted by Crippen LogP contribution is -2.41. The Bertz CT molecular complexity index is 426. The van der Waals surface area contributed by atoms with Crippen molar-refractivity contribution >= 4 is 5.96 Å². The SMILES string of the molecule is CCC(C)NC(=NC)NCc1ccc(COC(C)C)cc1. The Morgan fingerprint density at radius 1 is 1.14 bits per heavy atom. The Morgan fingerprint density at radius 3 is 2.29 bits per heavy atom. The Morgan fingerprint density at radius 2 is 1.76 bits per heavy atom. The van der Waals surface area contributed by atoms with E-state index in [4.69, 9.17) is 4.74 Å². The summed E-state index contributed by atoms with van der Waals surface area (Å²) >= 11 is 0. The topological polar surface area (TPSA) is 45.7 Å². The van der Waals surface area contributed by atoms with Gasteiger partial charge in [-0.05, 0) is 38.3 Å². The number of nitrogens with one attached hydrogen (secondary N) is 2. The molecule has 0 saturated heterocycles. The smallest absolute Gasteiger partial charge is 0.191 e. The van der Waals surface area contributed by atoms with Gasteiger partial charge in [-0.15, -0.1) is 0 Å². The van der Waals surface area contributed by atoms with Crippen LogP contribution in [0.15, 0.2) is 29.3 Å². The minimum Gasteiger partial charge on any atom is -0.374 e. The first-order chi connectivity index (χ1) is 10.0. The van der Waals surface area contributed by atoms with Crippen LogP contribution in [0.4, 0.5) is 0 Å². The molecule has 0 amide bonds. The number of rotatable bonds is 7. The van der Waals surface area contributed by atoms with Crippen LogP contribution >= 0.6 is 0 Å². The van der Waals surface area contributed by atoms with Gasteiger partial charge in [-0.1, -0.05) is 31.2 Å². The maximum absolute atomic E-state index is 5.59. The average molecular weight is 291 g/mol. The van der Waals surface area contributed by atoms with Gasteiger partial charge < -0.3 is 15.4 Å². The lowest BCUT2D eigenvalue weighted by Gasteiger charge is -2.16. The highest BCUT2D eigenvalue weighted by Gasteiger charge is 2.03. The molecule has 118 valence electrons. The van der Waals surface area contributed by atoms with Crippen molar-refractivity contribution in [1.82, 2.24) is 10.6 Å². The van der Waals surface area contributed by atoms with Crippen LogP contribution in [0.3, 0.4) is 0 Å².